The first-order chi connectivity index (χ1) is 16.2. The maximum Gasteiger partial charge on any atom is 0.255 e. The Balaban J connectivity index is 1.68. The molecule has 3 rings (SSSR count). The Morgan fingerprint density at radius 3 is 2.32 bits per heavy atom. The predicted octanol–water partition coefficient (Wildman–Crippen LogP) is 7.62. The van der Waals surface area contributed by atoms with Crippen LogP contribution in [0.1, 0.15) is 74.9 Å². The predicted molar refractivity (Wildman–Crippen MR) is 145 cm³/mol. The van der Waals surface area contributed by atoms with Gasteiger partial charge in [0.15, 0.2) is 0 Å². The Hall–Kier alpha value is -3.14. The van der Waals surface area contributed by atoms with Crippen LogP contribution in [0.3, 0.4) is 0 Å². The molecular weight excluding hydrogens is 418 g/mol. The average molecular weight is 458 g/mol. The highest BCUT2D eigenvalue weighted by Gasteiger charge is 2.15. The monoisotopic (exact) mass is 457 g/mol. The zero-order valence-corrected chi connectivity index (χ0v) is 21.6. The summed E-state index contributed by atoms with van der Waals surface area (Å²) >= 11 is 0. The minimum Gasteiger partial charge on any atom is -0.360 e. The molecule has 0 spiro atoms. The number of benzene rings is 2. The van der Waals surface area contributed by atoms with Crippen LogP contribution in [-0.4, -0.2) is 24.5 Å². The number of amides is 1. The highest BCUT2D eigenvalue weighted by molar-refractivity contribution is 6.05. The lowest BCUT2D eigenvalue weighted by molar-refractivity contribution is 0.102. The highest BCUT2D eigenvalue weighted by atomic mass is 16.1. The molecule has 0 aliphatic rings. The fourth-order valence-corrected chi connectivity index (χ4v) is 4.00. The molecule has 4 heteroatoms. The number of carbonyl (C=O) groups is 1. The third-order valence-electron chi connectivity index (χ3n) is 6.31. The molecule has 34 heavy (non-hydrogen) atoms. The second-order valence-corrected chi connectivity index (χ2v) is 10.2. The van der Waals surface area contributed by atoms with Crippen LogP contribution in [0.15, 0.2) is 60.8 Å². The molecule has 0 saturated heterocycles. The van der Waals surface area contributed by atoms with Crippen molar-refractivity contribution in [2.24, 2.45) is 0 Å². The Kier molecular flexibility index (Phi) is 8.49. The first kappa shape index (κ1) is 25.5. The lowest BCUT2D eigenvalue weighted by atomic mass is 9.86. The van der Waals surface area contributed by atoms with Crippen LogP contribution < -0.4 is 10.2 Å². The SMILES string of the molecule is CCCCCCN(C)c1ccc(NC(=O)c2ccc(C)c(-c3ccc(C(C)(C)C)cc3)c2)cn1. The van der Waals surface area contributed by atoms with Gasteiger partial charge in [-0.25, -0.2) is 4.98 Å². The Morgan fingerprint density at radius 1 is 0.971 bits per heavy atom. The van der Waals surface area contributed by atoms with Crippen LogP contribution in [0, 0.1) is 6.92 Å². The van der Waals surface area contributed by atoms with Gasteiger partial charge in [0.2, 0.25) is 0 Å². The van der Waals surface area contributed by atoms with Crippen molar-refractivity contribution in [3.8, 4) is 11.1 Å². The summed E-state index contributed by atoms with van der Waals surface area (Å²) in [4.78, 5) is 19.7. The van der Waals surface area contributed by atoms with Crippen LogP contribution in [-0.2, 0) is 5.41 Å². The summed E-state index contributed by atoms with van der Waals surface area (Å²) in [5.74, 6) is 0.792. The number of anilines is 2. The lowest BCUT2D eigenvalue weighted by Crippen LogP contribution is -2.19. The summed E-state index contributed by atoms with van der Waals surface area (Å²) in [7, 11) is 2.06. The fourth-order valence-electron chi connectivity index (χ4n) is 4.00. The third kappa shape index (κ3) is 6.69. The van der Waals surface area contributed by atoms with E-state index in [0.717, 1.165) is 29.1 Å². The van der Waals surface area contributed by atoms with E-state index in [4.69, 9.17) is 0 Å². The van der Waals surface area contributed by atoms with Crippen LogP contribution in [0.2, 0.25) is 0 Å². The molecule has 0 fully saturated rings. The number of aryl methyl sites for hydroxylation is 1. The second kappa shape index (κ2) is 11.3. The summed E-state index contributed by atoms with van der Waals surface area (Å²) in [6, 6.07) is 18.4. The maximum absolute atomic E-state index is 13.0. The molecule has 4 nitrogen and oxygen atoms in total. The molecular formula is C30H39N3O. The van der Waals surface area contributed by atoms with Gasteiger partial charge in [-0.15, -0.1) is 0 Å². The minimum absolute atomic E-state index is 0.114. The standard InChI is InChI=1S/C30H39N3O/c1-7-8-9-10-19-33(6)28-18-17-26(21-31-28)32-29(34)24-12-11-22(2)27(20-24)23-13-15-25(16-14-23)30(3,4)5/h11-18,20-21H,7-10,19H2,1-6H3,(H,32,34). The van der Waals surface area contributed by atoms with Crippen molar-refractivity contribution < 1.29 is 4.79 Å². The van der Waals surface area contributed by atoms with Gasteiger partial charge in [0.25, 0.3) is 5.91 Å². The van der Waals surface area contributed by atoms with Gasteiger partial charge in [0, 0.05) is 19.2 Å². The van der Waals surface area contributed by atoms with Crippen molar-refractivity contribution in [3.63, 3.8) is 0 Å². The second-order valence-electron chi connectivity index (χ2n) is 10.2. The smallest absolute Gasteiger partial charge is 0.255 e. The van der Waals surface area contributed by atoms with Gasteiger partial charge in [-0.1, -0.05) is 77.3 Å². The maximum atomic E-state index is 13.0. The number of nitrogens with zero attached hydrogens (tertiary/aromatic N) is 2. The van der Waals surface area contributed by atoms with Crippen molar-refractivity contribution in [2.75, 3.05) is 23.8 Å². The summed E-state index contributed by atoms with van der Waals surface area (Å²) in [6.45, 7) is 11.9. The molecule has 0 radical (unpaired) electrons. The van der Waals surface area contributed by atoms with E-state index < -0.39 is 0 Å². The van der Waals surface area contributed by atoms with Gasteiger partial charge in [-0.05, 0) is 65.3 Å². The minimum atomic E-state index is -0.130. The van der Waals surface area contributed by atoms with E-state index in [1.54, 1.807) is 6.20 Å². The zero-order chi connectivity index (χ0) is 24.7. The van der Waals surface area contributed by atoms with Crippen molar-refractivity contribution in [1.82, 2.24) is 4.98 Å². The molecule has 1 N–H and O–H groups in total. The molecule has 1 aromatic heterocycles. The van der Waals surface area contributed by atoms with Crippen molar-refractivity contribution >= 4 is 17.4 Å². The number of nitrogens with one attached hydrogen (secondary N) is 1. The topological polar surface area (TPSA) is 45.2 Å². The van der Waals surface area contributed by atoms with E-state index in [-0.39, 0.29) is 11.3 Å². The zero-order valence-electron chi connectivity index (χ0n) is 21.6. The normalized spacial score (nSPS) is 11.4. The summed E-state index contributed by atoms with van der Waals surface area (Å²) in [5, 5.41) is 2.99. The molecule has 0 atom stereocenters. The molecule has 1 amide bonds. The van der Waals surface area contributed by atoms with Gasteiger partial charge in [-0.2, -0.15) is 0 Å². The van der Waals surface area contributed by atoms with Crippen molar-refractivity contribution in [1.29, 1.82) is 0 Å². The van der Waals surface area contributed by atoms with Crippen LogP contribution in [0.5, 0.6) is 0 Å². The first-order valence-electron chi connectivity index (χ1n) is 12.4. The Labute approximate surface area is 205 Å². The van der Waals surface area contributed by atoms with E-state index in [1.807, 2.05) is 30.3 Å². The van der Waals surface area contributed by atoms with E-state index in [2.05, 4.69) is 81.1 Å². The molecule has 3 aromatic rings. The molecule has 0 unspecified atom stereocenters. The molecule has 2 aromatic carbocycles. The number of rotatable bonds is 9. The summed E-state index contributed by atoms with van der Waals surface area (Å²) in [5.41, 5.74) is 6.09. The number of hydrogen-bond acceptors (Lipinski definition) is 3. The number of aromatic nitrogens is 1. The van der Waals surface area contributed by atoms with Crippen LogP contribution in [0.25, 0.3) is 11.1 Å². The van der Waals surface area contributed by atoms with Gasteiger partial charge in [0.05, 0.1) is 11.9 Å². The quantitative estimate of drug-likeness (QED) is 0.336. The van der Waals surface area contributed by atoms with E-state index in [0.29, 0.717) is 11.3 Å². The largest absolute Gasteiger partial charge is 0.360 e. The molecule has 0 bridgehead atoms. The molecule has 0 aliphatic heterocycles. The molecule has 0 aliphatic carbocycles. The fraction of sp³-hybridized carbons (Fsp3) is 0.400. The lowest BCUT2D eigenvalue weighted by Gasteiger charge is -2.19. The van der Waals surface area contributed by atoms with Gasteiger partial charge in [0.1, 0.15) is 5.82 Å². The Bertz CT molecular complexity index is 1080. The number of unbranched alkanes of at least 4 members (excludes halogenated alkanes) is 3. The number of pyridine rings is 1. The first-order valence-corrected chi connectivity index (χ1v) is 12.4. The van der Waals surface area contributed by atoms with E-state index in [1.165, 1.54) is 31.2 Å². The Morgan fingerprint density at radius 2 is 1.71 bits per heavy atom. The van der Waals surface area contributed by atoms with E-state index >= 15 is 0 Å². The molecule has 0 saturated carbocycles. The van der Waals surface area contributed by atoms with Gasteiger partial charge >= 0.3 is 0 Å². The summed E-state index contributed by atoms with van der Waals surface area (Å²) in [6.07, 6.45) is 6.65. The van der Waals surface area contributed by atoms with Crippen molar-refractivity contribution in [2.45, 2.75) is 65.7 Å². The van der Waals surface area contributed by atoms with Crippen molar-refractivity contribution in [3.05, 3.63) is 77.5 Å². The average Bonchev–Trinajstić information content (AvgIpc) is 2.82. The summed E-state index contributed by atoms with van der Waals surface area (Å²) < 4.78 is 0. The van der Waals surface area contributed by atoms with Crippen LogP contribution >= 0.6 is 0 Å². The van der Waals surface area contributed by atoms with E-state index in [9.17, 15) is 4.79 Å². The third-order valence-corrected chi connectivity index (χ3v) is 6.31. The number of carbonyl (C=O) groups excluding carboxylic acids is 1. The van der Waals surface area contributed by atoms with Crippen LogP contribution in [0.4, 0.5) is 11.5 Å². The van der Waals surface area contributed by atoms with Gasteiger partial charge in [-0.3, -0.25) is 4.79 Å². The van der Waals surface area contributed by atoms with Gasteiger partial charge < -0.3 is 10.2 Å². The molecule has 180 valence electrons. The molecule has 1 heterocycles. The number of hydrogen-bond donors (Lipinski definition) is 1. The highest BCUT2D eigenvalue weighted by Crippen LogP contribution is 2.29.